The molecule has 136 valence electrons. The SMILES string of the molecule is Cn1c(SCc2ccccc2Cl)nc2c(sc(=S)n2-c2ccccc2)c1=O. The van der Waals surface area contributed by atoms with Crippen LogP contribution in [0.15, 0.2) is 64.5 Å². The lowest BCUT2D eigenvalue weighted by Gasteiger charge is -2.09. The monoisotopic (exact) mass is 431 g/mol. The number of thioether (sulfide) groups is 1. The zero-order chi connectivity index (χ0) is 19.0. The molecule has 2 aromatic heterocycles. The fourth-order valence-electron chi connectivity index (χ4n) is 2.70. The molecule has 0 saturated carbocycles. The Hall–Kier alpha value is -1.93. The second kappa shape index (κ2) is 7.59. The average molecular weight is 432 g/mol. The Morgan fingerprint density at radius 3 is 2.59 bits per heavy atom. The Kier molecular flexibility index (Phi) is 5.19. The summed E-state index contributed by atoms with van der Waals surface area (Å²) in [6.45, 7) is 0. The zero-order valence-corrected chi connectivity index (χ0v) is 17.5. The quantitative estimate of drug-likeness (QED) is 0.244. The minimum Gasteiger partial charge on any atom is -0.289 e. The third kappa shape index (κ3) is 3.48. The van der Waals surface area contributed by atoms with Gasteiger partial charge in [-0.25, -0.2) is 4.98 Å². The largest absolute Gasteiger partial charge is 0.289 e. The maximum Gasteiger partial charge on any atom is 0.273 e. The normalized spacial score (nSPS) is 11.2. The lowest BCUT2D eigenvalue weighted by Crippen LogP contribution is -2.19. The first-order chi connectivity index (χ1) is 13.1. The van der Waals surface area contributed by atoms with Crippen molar-refractivity contribution < 1.29 is 0 Å². The van der Waals surface area contributed by atoms with E-state index < -0.39 is 0 Å². The lowest BCUT2D eigenvalue weighted by atomic mass is 10.2. The summed E-state index contributed by atoms with van der Waals surface area (Å²) >= 11 is 14.5. The summed E-state index contributed by atoms with van der Waals surface area (Å²) in [6, 6.07) is 17.4. The number of benzene rings is 2. The summed E-state index contributed by atoms with van der Waals surface area (Å²) in [7, 11) is 1.74. The van der Waals surface area contributed by atoms with E-state index in [1.54, 1.807) is 11.6 Å². The van der Waals surface area contributed by atoms with Crippen LogP contribution in [0.4, 0.5) is 0 Å². The van der Waals surface area contributed by atoms with Gasteiger partial charge in [0.05, 0.1) is 0 Å². The van der Waals surface area contributed by atoms with Gasteiger partial charge in [0.15, 0.2) is 14.8 Å². The molecule has 2 aromatic carbocycles. The van der Waals surface area contributed by atoms with Gasteiger partial charge in [0, 0.05) is 23.5 Å². The van der Waals surface area contributed by atoms with E-state index in [1.807, 2.05) is 59.2 Å². The average Bonchev–Trinajstić information content (AvgIpc) is 3.01. The summed E-state index contributed by atoms with van der Waals surface area (Å²) in [6.07, 6.45) is 0. The Balaban J connectivity index is 1.83. The number of aromatic nitrogens is 3. The lowest BCUT2D eigenvalue weighted by molar-refractivity contribution is 0.722. The van der Waals surface area contributed by atoms with Gasteiger partial charge in [-0.15, -0.1) is 0 Å². The van der Waals surface area contributed by atoms with Crippen molar-refractivity contribution >= 4 is 57.3 Å². The van der Waals surface area contributed by atoms with Crippen LogP contribution in [0.3, 0.4) is 0 Å². The highest BCUT2D eigenvalue weighted by Crippen LogP contribution is 2.28. The molecule has 27 heavy (non-hydrogen) atoms. The van der Waals surface area contributed by atoms with E-state index in [0.29, 0.717) is 30.2 Å². The number of hydrogen-bond acceptors (Lipinski definition) is 5. The van der Waals surface area contributed by atoms with Gasteiger partial charge in [-0.2, -0.15) is 0 Å². The molecule has 0 atom stereocenters. The maximum atomic E-state index is 12.9. The van der Waals surface area contributed by atoms with Crippen LogP contribution in [0.5, 0.6) is 0 Å². The highest BCUT2D eigenvalue weighted by molar-refractivity contribution is 7.98. The first kappa shape index (κ1) is 18.4. The molecule has 0 bridgehead atoms. The third-order valence-electron chi connectivity index (χ3n) is 4.10. The highest BCUT2D eigenvalue weighted by atomic mass is 35.5. The third-order valence-corrected chi connectivity index (χ3v) is 6.90. The van der Waals surface area contributed by atoms with Crippen LogP contribution in [0.25, 0.3) is 16.0 Å². The summed E-state index contributed by atoms with van der Waals surface area (Å²) in [4.78, 5) is 17.6. The van der Waals surface area contributed by atoms with Gasteiger partial charge < -0.3 is 0 Å². The van der Waals surface area contributed by atoms with E-state index in [2.05, 4.69) is 0 Å². The summed E-state index contributed by atoms with van der Waals surface area (Å²) < 4.78 is 4.60. The molecule has 0 aliphatic heterocycles. The fourth-order valence-corrected chi connectivity index (χ4v) is 5.30. The topological polar surface area (TPSA) is 39.8 Å². The zero-order valence-electron chi connectivity index (χ0n) is 14.3. The van der Waals surface area contributed by atoms with Crippen molar-refractivity contribution in [1.82, 2.24) is 14.1 Å². The standard InChI is InChI=1S/C19H14ClN3OS3/c1-22-17(24)15-16(23(19(25)27-15)13-8-3-2-4-9-13)21-18(22)26-11-12-7-5-6-10-14(12)20/h2-10H,11H2,1H3. The Labute approximate surface area is 174 Å². The second-order valence-corrected chi connectivity index (χ2v) is 8.82. The maximum absolute atomic E-state index is 12.9. The van der Waals surface area contributed by atoms with Crippen LogP contribution in [0, 0.1) is 3.95 Å². The number of thiazole rings is 1. The van der Waals surface area contributed by atoms with Crippen molar-refractivity contribution in [2.75, 3.05) is 0 Å². The van der Waals surface area contributed by atoms with Gasteiger partial charge in [0.1, 0.15) is 4.70 Å². The van der Waals surface area contributed by atoms with Crippen molar-refractivity contribution in [3.8, 4) is 5.69 Å². The van der Waals surface area contributed by atoms with E-state index in [1.165, 1.54) is 23.1 Å². The van der Waals surface area contributed by atoms with Gasteiger partial charge in [-0.05, 0) is 36.0 Å². The van der Waals surface area contributed by atoms with E-state index in [9.17, 15) is 4.79 Å². The van der Waals surface area contributed by atoms with Gasteiger partial charge >= 0.3 is 0 Å². The second-order valence-electron chi connectivity index (χ2n) is 5.83. The molecule has 0 amide bonds. The molecular weight excluding hydrogens is 418 g/mol. The van der Waals surface area contributed by atoms with Crippen LogP contribution < -0.4 is 5.56 Å². The van der Waals surface area contributed by atoms with Gasteiger partial charge in [-0.1, -0.05) is 71.1 Å². The minimum atomic E-state index is -0.0903. The van der Waals surface area contributed by atoms with Crippen LogP contribution in [0.1, 0.15) is 5.56 Å². The highest BCUT2D eigenvalue weighted by Gasteiger charge is 2.16. The van der Waals surface area contributed by atoms with Crippen LogP contribution in [-0.2, 0) is 12.8 Å². The molecule has 8 heteroatoms. The van der Waals surface area contributed by atoms with E-state index in [0.717, 1.165) is 11.3 Å². The number of nitrogens with zero attached hydrogens (tertiary/aromatic N) is 3. The molecule has 4 rings (SSSR count). The number of hydrogen-bond donors (Lipinski definition) is 0. The molecule has 0 aliphatic rings. The molecule has 2 heterocycles. The number of para-hydroxylation sites is 1. The van der Waals surface area contributed by atoms with Gasteiger partial charge in [0.25, 0.3) is 5.56 Å². The summed E-state index contributed by atoms with van der Waals surface area (Å²) in [5, 5.41) is 1.34. The van der Waals surface area contributed by atoms with E-state index in [-0.39, 0.29) is 5.56 Å². The molecule has 0 spiro atoms. The molecule has 4 nitrogen and oxygen atoms in total. The molecule has 4 aromatic rings. The number of rotatable bonds is 4. The van der Waals surface area contributed by atoms with E-state index >= 15 is 0 Å². The predicted octanol–water partition coefficient (Wildman–Crippen LogP) is 5.46. The molecule has 0 aliphatic carbocycles. The Bertz CT molecular complexity index is 1240. The molecular formula is C19H14ClN3OS3. The molecule has 0 saturated heterocycles. The predicted molar refractivity (Wildman–Crippen MR) is 116 cm³/mol. The van der Waals surface area contributed by atoms with Crippen molar-refractivity contribution in [2.24, 2.45) is 7.05 Å². The van der Waals surface area contributed by atoms with Crippen molar-refractivity contribution in [1.29, 1.82) is 0 Å². The molecule has 0 unspecified atom stereocenters. The van der Waals surface area contributed by atoms with Crippen molar-refractivity contribution in [3.63, 3.8) is 0 Å². The summed E-state index contributed by atoms with van der Waals surface area (Å²) in [5.74, 6) is 0.627. The van der Waals surface area contributed by atoms with Gasteiger partial charge in [-0.3, -0.25) is 13.9 Å². The van der Waals surface area contributed by atoms with Crippen LogP contribution >= 0.6 is 46.9 Å². The molecule has 0 N–H and O–H groups in total. The van der Waals surface area contributed by atoms with Crippen LogP contribution in [-0.4, -0.2) is 14.1 Å². The fraction of sp³-hybridized carbons (Fsp3) is 0.105. The first-order valence-electron chi connectivity index (χ1n) is 8.10. The van der Waals surface area contributed by atoms with Crippen LogP contribution in [0.2, 0.25) is 5.02 Å². The van der Waals surface area contributed by atoms with Gasteiger partial charge in [0.2, 0.25) is 0 Å². The smallest absolute Gasteiger partial charge is 0.273 e. The molecule has 0 fully saturated rings. The number of halogens is 1. The molecule has 0 radical (unpaired) electrons. The number of fused-ring (bicyclic) bond motifs is 1. The first-order valence-corrected chi connectivity index (χ1v) is 10.7. The minimum absolute atomic E-state index is 0.0903. The van der Waals surface area contributed by atoms with Crippen molar-refractivity contribution in [3.05, 3.63) is 79.5 Å². The Morgan fingerprint density at radius 2 is 1.85 bits per heavy atom. The van der Waals surface area contributed by atoms with E-state index in [4.69, 9.17) is 28.8 Å². The Morgan fingerprint density at radius 1 is 1.15 bits per heavy atom. The summed E-state index contributed by atoms with van der Waals surface area (Å²) in [5.41, 5.74) is 2.41. The van der Waals surface area contributed by atoms with Crippen molar-refractivity contribution in [2.45, 2.75) is 10.9 Å².